The van der Waals surface area contributed by atoms with Crippen LogP contribution in [0, 0.1) is 34.5 Å². The van der Waals surface area contributed by atoms with Gasteiger partial charge in [-0.05, 0) is 31.9 Å². The van der Waals surface area contributed by atoms with E-state index in [9.17, 15) is 10.1 Å². The topological polar surface area (TPSA) is 40.9 Å². The average Bonchev–Trinajstić information content (AvgIpc) is 2.65. The number of nitriles is 1. The average molecular weight is 315 g/mol. The molecular formula is C22H21NO. The van der Waals surface area contributed by atoms with E-state index in [0.29, 0.717) is 18.4 Å². The van der Waals surface area contributed by atoms with Gasteiger partial charge in [0.1, 0.15) is 0 Å². The number of hydrogen-bond donors (Lipinski definition) is 0. The Morgan fingerprint density at radius 2 is 1.67 bits per heavy atom. The van der Waals surface area contributed by atoms with Gasteiger partial charge in [0.2, 0.25) is 0 Å². The van der Waals surface area contributed by atoms with Crippen molar-refractivity contribution in [3.05, 3.63) is 71.8 Å². The Morgan fingerprint density at radius 3 is 2.21 bits per heavy atom. The van der Waals surface area contributed by atoms with Crippen LogP contribution in [0.2, 0.25) is 0 Å². The van der Waals surface area contributed by atoms with Crippen LogP contribution in [0.15, 0.2) is 60.7 Å². The third-order valence-corrected chi connectivity index (χ3v) is 4.12. The molecule has 0 aliphatic heterocycles. The lowest BCUT2D eigenvalue weighted by Crippen LogP contribution is -2.29. The molecule has 2 aromatic carbocycles. The number of nitrogens with zero attached hydrogens (tertiary/aromatic N) is 1. The maximum absolute atomic E-state index is 13.0. The van der Waals surface area contributed by atoms with E-state index in [1.54, 1.807) is 12.1 Å². The van der Waals surface area contributed by atoms with Crippen molar-refractivity contribution in [3.63, 3.8) is 0 Å². The minimum Gasteiger partial charge on any atom is -0.292 e. The van der Waals surface area contributed by atoms with Gasteiger partial charge in [-0.2, -0.15) is 5.26 Å². The highest BCUT2D eigenvalue weighted by atomic mass is 16.1. The molecule has 0 aliphatic carbocycles. The highest BCUT2D eigenvalue weighted by molar-refractivity contribution is 6.02. The van der Waals surface area contributed by atoms with E-state index in [0.717, 1.165) is 5.56 Å². The Morgan fingerprint density at radius 1 is 1.08 bits per heavy atom. The van der Waals surface area contributed by atoms with Gasteiger partial charge < -0.3 is 0 Å². The van der Waals surface area contributed by atoms with Crippen molar-refractivity contribution < 1.29 is 4.79 Å². The highest BCUT2D eigenvalue weighted by Crippen LogP contribution is 2.31. The lowest BCUT2D eigenvalue weighted by molar-refractivity contribution is 0.0858. The second kappa shape index (κ2) is 8.14. The van der Waals surface area contributed by atoms with Crippen molar-refractivity contribution in [2.45, 2.75) is 26.7 Å². The molecule has 2 nitrogen and oxygen atoms in total. The van der Waals surface area contributed by atoms with E-state index in [4.69, 9.17) is 0 Å². The predicted octanol–water partition coefficient (Wildman–Crippen LogP) is 4.87. The maximum atomic E-state index is 13.0. The quantitative estimate of drug-likeness (QED) is 0.583. The van der Waals surface area contributed by atoms with Crippen molar-refractivity contribution >= 4 is 5.78 Å². The number of ketones is 1. The van der Waals surface area contributed by atoms with Crippen LogP contribution < -0.4 is 0 Å². The van der Waals surface area contributed by atoms with Crippen LogP contribution in [0.3, 0.4) is 0 Å². The first kappa shape index (κ1) is 17.5. The Hall–Kier alpha value is -2.84. The second-order valence-corrected chi connectivity index (χ2v) is 6.08. The van der Waals surface area contributed by atoms with Crippen LogP contribution in [-0.2, 0) is 0 Å². The smallest absolute Gasteiger partial charge is 0.180 e. The molecule has 24 heavy (non-hydrogen) atoms. The molecule has 2 unspecified atom stereocenters. The molecule has 2 aromatic rings. The molecule has 0 saturated carbocycles. The Balaban J connectivity index is 2.40. The number of Topliss-reactive ketones (excluding diaryl/α,β-unsaturated/α-hetero) is 1. The summed E-state index contributed by atoms with van der Waals surface area (Å²) < 4.78 is 0. The summed E-state index contributed by atoms with van der Waals surface area (Å²) in [6.07, 6.45) is 1.15. The molecule has 0 fully saturated rings. The van der Waals surface area contributed by atoms with Crippen molar-refractivity contribution in [1.29, 1.82) is 5.26 Å². The lowest BCUT2D eigenvalue weighted by atomic mass is 9.75. The molecule has 2 heteroatoms. The van der Waals surface area contributed by atoms with Gasteiger partial charge in [0.25, 0.3) is 0 Å². The van der Waals surface area contributed by atoms with E-state index < -0.39 is 5.41 Å². The van der Waals surface area contributed by atoms with Crippen LogP contribution in [0.25, 0.3) is 0 Å². The number of carbonyl (C=O) groups excluding carboxylic acids is 1. The van der Waals surface area contributed by atoms with E-state index in [-0.39, 0.29) is 11.7 Å². The zero-order chi connectivity index (χ0) is 17.4. The van der Waals surface area contributed by atoms with Gasteiger partial charge >= 0.3 is 0 Å². The first-order valence-corrected chi connectivity index (χ1v) is 8.16. The van der Waals surface area contributed by atoms with Crippen molar-refractivity contribution in [1.82, 2.24) is 0 Å². The third-order valence-electron chi connectivity index (χ3n) is 4.12. The van der Waals surface area contributed by atoms with Crippen LogP contribution in [0.1, 0.15) is 42.6 Å². The van der Waals surface area contributed by atoms with Gasteiger partial charge in [-0.3, -0.25) is 4.79 Å². The Kier molecular flexibility index (Phi) is 5.94. The lowest BCUT2D eigenvalue weighted by Gasteiger charge is -2.24. The molecule has 2 atom stereocenters. The van der Waals surface area contributed by atoms with E-state index >= 15 is 0 Å². The summed E-state index contributed by atoms with van der Waals surface area (Å²) in [5.74, 6) is 6.05. The molecule has 0 radical (unpaired) electrons. The molecule has 0 aromatic heterocycles. The molecule has 0 aliphatic rings. The molecule has 0 saturated heterocycles. The minimum atomic E-state index is -0.881. The predicted molar refractivity (Wildman–Crippen MR) is 96.2 cm³/mol. The zero-order valence-corrected chi connectivity index (χ0v) is 14.1. The molecule has 120 valence electrons. The summed E-state index contributed by atoms with van der Waals surface area (Å²) >= 11 is 0. The SMILES string of the molecule is CCC(C#N)CC(C)(C#Cc1ccccc1)C(=O)c1ccccc1. The van der Waals surface area contributed by atoms with Gasteiger partial charge in [0.05, 0.1) is 11.5 Å². The van der Waals surface area contributed by atoms with E-state index in [1.807, 2.05) is 62.4 Å². The summed E-state index contributed by atoms with van der Waals surface area (Å²) in [4.78, 5) is 13.0. The number of benzene rings is 2. The fraction of sp³-hybridized carbons (Fsp3) is 0.273. The molecule has 2 rings (SSSR count). The third kappa shape index (κ3) is 4.34. The first-order valence-electron chi connectivity index (χ1n) is 8.16. The van der Waals surface area contributed by atoms with Gasteiger partial charge in [-0.25, -0.2) is 0 Å². The van der Waals surface area contributed by atoms with Gasteiger partial charge in [-0.1, -0.05) is 67.3 Å². The maximum Gasteiger partial charge on any atom is 0.180 e. The molecular weight excluding hydrogens is 294 g/mol. The largest absolute Gasteiger partial charge is 0.292 e. The highest BCUT2D eigenvalue weighted by Gasteiger charge is 2.34. The number of hydrogen-bond acceptors (Lipinski definition) is 2. The minimum absolute atomic E-state index is 0.0276. The Labute approximate surface area is 144 Å². The summed E-state index contributed by atoms with van der Waals surface area (Å²) in [6.45, 7) is 3.81. The normalized spacial score (nSPS) is 13.7. The fourth-order valence-electron chi connectivity index (χ4n) is 2.61. The number of rotatable bonds is 5. The summed E-state index contributed by atoms with van der Waals surface area (Å²) in [6, 6.07) is 21.1. The van der Waals surface area contributed by atoms with Crippen LogP contribution >= 0.6 is 0 Å². The summed E-state index contributed by atoms with van der Waals surface area (Å²) in [7, 11) is 0. The first-order chi connectivity index (χ1) is 11.6. The molecule has 0 N–H and O–H groups in total. The Bertz CT molecular complexity index is 777. The van der Waals surface area contributed by atoms with Crippen LogP contribution in [0.4, 0.5) is 0 Å². The second-order valence-electron chi connectivity index (χ2n) is 6.08. The van der Waals surface area contributed by atoms with Gasteiger partial charge in [0.15, 0.2) is 5.78 Å². The fourth-order valence-corrected chi connectivity index (χ4v) is 2.61. The summed E-state index contributed by atoms with van der Waals surface area (Å²) in [5, 5.41) is 9.32. The van der Waals surface area contributed by atoms with Crippen molar-refractivity contribution in [3.8, 4) is 17.9 Å². The van der Waals surface area contributed by atoms with Crippen molar-refractivity contribution in [2.75, 3.05) is 0 Å². The molecule has 0 bridgehead atoms. The van der Waals surface area contributed by atoms with Crippen LogP contribution in [0.5, 0.6) is 0 Å². The van der Waals surface area contributed by atoms with Crippen LogP contribution in [-0.4, -0.2) is 5.78 Å². The zero-order valence-electron chi connectivity index (χ0n) is 14.1. The molecule has 0 amide bonds. The van der Waals surface area contributed by atoms with Gasteiger partial charge in [-0.15, -0.1) is 0 Å². The van der Waals surface area contributed by atoms with Crippen molar-refractivity contribution in [2.24, 2.45) is 11.3 Å². The summed E-state index contributed by atoms with van der Waals surface area (Å²) in [5.41, 5.74) is 0.623. The number of carbonyl (C=O) groups is 1. The monoisotopic (exact) mass is 315 g/mol. The van der Waals surface area contributed by atoms with Gasteiger partial charge in [0, 0.05) is 17.0 Å². The standard InChI is InChI=1S/C22H21NO/c1-3-18(17-23)16-22(2,15-14-19-10-6-4-7-11-19)21(24)20-12-8-5-9-13-20/h4-13,18H,3,16H2,1-2H3. The molecule has 0 heterocycles. The van der Waals surface area contributed by atoms with E-state index in [2.05, 4.69) is 17.9 Å². The molecule has 0 spiro atoms. The van der Waals surface area contributed by atoms with E-state index in [1.165, 1.54) is 0 Å².